The van der Waals surface area contributed by atoms with Gasteiger partial charge in [0.15, 0.2) is 8.07 Å². The number of nitrogens with zero attached hydrogens (tertiary/aromatic N) is 2. The molecule has 0 unspecified atom stereocenters. The lowest BCUT2D eigenvalue weighted by Crippen LogP contribution is -2.74. The number of aromatic nitrogens is 2. The fourth-order valence-corrected chi connectivity index (χ4v) is 10.7. The summed E-state index contributed by atoms with van der Waals surface area (Å²) in [4.78, 5) is 0. The Balaban J connectivity index is 1.62. The average Bonchev–Trinajstić information content (AvgIpc) is 1.32. The lowest BCUT2D eigenvalue weighted by Gasteiger charge is -2.34. The van der Waals surface area contributed by atoms with E-state index in [0.717, 1.165) is 6.07 Å². The fourth-order valence-electron chi connectivity index (χ4n) is 7.10. The Morgan fingerprint density at radius 1 is 0.351 bits per heavy atom. The lowest BCUT2D eigenvalue weighted by atomic mass is 9.96. The molecule has 0 amide bonds. The number of rotatable bonds is 7. The number of benzene rings is 9. The summed E-state index contributed by atoms with van der Waals surface area (Å²) in [6.07, 6.45) is 0. The predicted molar refractivity (Wildman–Crippen MR) is 244 cm³/mol. The van der Waals surface area contributed by atoms with Crippen LogP contribution in [0.1, 0.15) is 50.7 Å². The minimum absolute atomic E-state index is 0.630. The van der Waals surface area contributed by atoms with Crippen LogP contribution in [0, 0.1) is 0 Å². The van der Waals surface area contributed by atoms with E-state index in [9.17, 15) is 26.0 Å². The zero-order valence-electron chi connectivity index (χ0n) is 65.5. The molecular weight excluding hydrogens is 705 g/mol. The number of hydrogen-bond acceptors (Lipinski definition) is 0. The van der Waals surface area contributed by atoms with Gasteiger partial charge in [0.25, 0.3) is 0 Å². The Labute approximate surface area is 385 Å². The summed E-state index contributed by atoms with van der Waals surface area (Å²) < 4.78 is 347. The van der Waals surface area contributed by atoms with Gasteiger partial charge in [0.2, 0.25) is 0 Å². The SMILES string of the molecule is [2H]c1cc([2H])c(-n2c3c([2H])c([2H])c([2H])c([2H])c3c3c2c([2H])c(-c2c([2H])c([2H])c([2H])c([Si](c4c([2H])c([2H])c([2H])c([2H])c4[2H])(c4c([2H])c([2H])c([2H])c([2H])c4[2H])c4c([2H])c([2H])c([2H])c([2H])c4[2H])c2[2H])c2c4c([2H])c([2H])c([2H])c([2H])c4n(-c4c([2H])c([2H])c([2H])c([2H])c4[2H])c23)c([2H])c1[2H]. The standard InChI is InChI=1S/C54H38N2Si/c1-6-22-40(23-7-1)55-49-35-18-17-34-47(49)53-51(55)38-48(52-46-33-16-19-36-50(46)56(54(52)53)41-24-8-2-9-25-41)39-21-20-32-45(37-39)57(42-26-10-3-11-27-42,43-28-12-4-13-29-43)44-30-14-5-15-31-44/h1-38H/i1D,2D,3D,4D,5D,6D,8D,9D,10D,11D,12D,13D,14D,15D,16D,17D,18D,19D,20D,21D,22D,23D,24D,25D,26D,27D,28D,29D,30D,31D,32D,33D,34D,35D,36D,37D,38D. The quantitative estimate of drug-likeness (QED) is 0.113. The van der Waals surface area contributed by atoms with Gasteiger partial charge in [-0.15, -0.1) is 0 Å². The second-order valence-corrected chi connectivity index (χ2v) is 15.6. The highest BCUT2D eigenvalue weighted by Gasteiger charge is 2.41. The van der Waals surface area contributed by atoms with E-state index in [0.29, 0.717) is 9.13 Å². The van der Waals surface area contributed by atoms with E-state index < -0.39 is 319 Å². The second-order valence-electron chi connectivity index (χ2n) is 12.1. The maximum Gasteiger partial charge on any atom is 0.179 e. The monoisotopic (exact) mass is 780 g/mol. The second kappa shape index (κ2) is 13.5. The van der Waals surface area contributed by atoms with Gasteiger partial charge in [0, 0.05) is 32.9 Å². The van der Waals surface area contributed by atoms with Crippen molar-refractivity contribution in [2.75, 3.05) is 0 Å². The van der Waals surface area contributed by atoms with Crippen LogP contribution >= 0.6 is 0 Å². The number of hydrogen-bond donors (Lipinski definition) is 0. The molecule has 11 rings (SSSR count). The van der Waals surface area contributed by atoms with Gasteiger partial charge < -0.3 is 9.13 Å². The zero-order chi connectivity index (χ0) is 70.0. The molecule has 0 radical (unpaired) electrons. The molecule has 11 aromatic rings. The summed E-state index contributed by atoms with van der Waals surface area (Å²) in [7, 11) is -6.74. The molecule has 3 heteroatoms. The third kappa shape index (κ3) is 5.10. The Kier molecular flexibility index (Phi) is 3.00. The highest BCUT2D eigenvalue weighted by atomic mass is 28.3. The fraction of sp³-hybridized carbons (Fsp3) is 0. The first-order valence-corrected chi connectivity index (χ1v) is 18.7. The van der Waals surface area contributed by atoms with Crippen molar-refractivity contribution in [3.05, 3.63) is 230 Å². The van der Waals surface area contributed by atoms with E-state index in [1.807, 2.05) is 0 Å². The summed E-state index contributed by atoms with van der Waals surface area (Å²) in [6.45, 7) is 0. The van der Waals surface area contributed by atoms with Crippen LogP contribution in [0.25, 0.3) is 66.1 Å². The number of para-hydroxylation sites is 4. The smallest absolute Gasteiger partial charge is 0.179 e. The molecule has 0 aliphatic rings. The molecule has 2 nitrogen and oxygen atoms in total. The highest BCUT2D eigenvalue weighted by Crippen LogP contribution is 2.46. The molecule has 0 saturated heterocycles. The first kappa shape index (κ1) is 12.7. The van der Waals surface area contributed by atoms with Crippen LogP contribution in [0.4, 0.5) is 0 Å². The van der Waals surface area contributed by atoms with Gasteiger partial charge in [-0.1, -0.05) is 187 Å². The van der Waals surface area contributed by atoms with Gasteiger partial charge in [0.1, 0.15) is 0 Å². The van der Waals surface area contributed by atoms with Crippen molar-refractivity contribution in [2.45, 2.75) is 0 Å². The van der Waals surface area contributed by atoms with Gasteiger partial charge in [-0.3, -0.25) is 0 Å². The minimum atomic E-state index is -6.74. The molecule has 0 aliphatic carbocycles. The van der Waals surface area contributed by atoms with E-state index in [4.69, 9.17) is 24.7 Å². The van der Waals surface area contributed by atoms with Crippen molar-refractivity contribution in [1.29, 1.82) is 0 Å². The van der Waals surface area contributed by atoms with E-state index >= 15 is 0 Å². The zero-order valence-corrected chi connectivity index (χ0v) is 29.5. The third-order valence-corrected chi connectivity index (χ3v) is 13.3. The average molecular weight is 780 g/mol. The van der Waals surface area contributed by atoms with Gasteiger partial charge in [-0.05, 0) is 74.2 Å². The van der Waals surface area contributed by atoms with Crippen LogP contribution in [0.2, 0.25) is 0 Å². The highest BCUT2D eigenvalue weighted by molar-refractivity contribution is 7.19. The van der Waals surface area contributed by atoms with Gasteiger partial charge in [0.05, 0.1) is 72.8 Å². The molecule has 0 bridgehead atoms. The molecule has 0 spiro atoms. The van der Waals surface area contributed by atoms with E-state index in [1.54, 1.807) is 0 Å². The van der Waals surface area contributed by atoms with Crippen LogP contribution in [-0.2, 0) is 0 Å². The van der Waals surface area contributed by atoms with Crippen molar-refractivity contribution in [2.24, 2.45) is 0 Å². The Morgan fingerprint density at radius 3 is 1.44 bits per heavy atom. The summed E-state index contributed by atoms with van der Waals surface area (Å²) in [5.41, 5.74) is -7.86. The first-order chi connectivity index (χ1) is 43.7. The Bertz CT molecular complexity index is 5130. The van der Waals surface area contributed by atoms with Crippen LogP contribution in [0.15, 0.2) is 230 Å². The van der Waals surface area contributed by atoms with Gasteiger partial charge >= 0.3 is 0 Å². The topological polar surface area (TPSA) is 9.86 Å². The minimum Gasteiger partial charge on any atom is -0.309 e. The van der Waals surface area contributed by atoms with Gasteiger partial charge in [-0.25, -0.2) is 0 Å². The summed E-state index contributed by atoms with van der Waals surface area (Å²) in [6, 6.07) is -44.2. The van der Waals surface area contributed by atoms with Crippen molar-refractivity contribution in [3.63, 3.8) is 0 Å². The van der Waals surface area contributed by atoms with E-state index in [-0.39, 0.29) is 0 Å². The molecule has 0 fully saturated rings. The molecule has 57 heavy (non-hydrogen) atoms. The van der Waals surface area contributed by atoms with Crippen LogP contribution in [-0.4, -0.2) is 17.2 Å². The van der Waals surface area contributed by atoms with Crippen LogP contribution in [0.5, 0.6) is 0 Å². The maximum absolute atomic E-state index is 10.8. The van der Waals surface area contributed by atoms with Crippen molar-refractivity contribution in [3.8, 4) is 22.5 Å². The third-order valence-electron chi connectivity index (χ3n) is 9.28. The predicted octanol–water partition coefficient (Wildman–Crippen LogP) is 10.9. The number of fused-ring (bicyclic) bond motifs is 7. The maximum atomic E-state index is 10.8. The van der Waals surface area contributed by atoms with Crippen LogP contribution in [0.3, 0.4) is 0 Å². The Morgan fingerprint density at radius 2 is 0.825 bits per heavy atom. The van der Waals surface area contributed by atoms with Crippen molar-refractivity contribution >= 4 is 72.4 Å². The Hall–Kier alpha value is -7.20. The largest absolute Gasteiger partial charge is 0.309 e. The molecule has 268 valence electrons. The molecule has 0 aliphatic heterocycles. The molecule has 9 aromatic carbocycles. The van der Waals surface area contributed by atoms with E-state index in [1.165, 1.54) is 0 Å². The molecule has 0 saturated carbocycles. The molecule has 2 aromatic heterocycles. The van der Waals surface area contributed by atoms with Crippen LogP contribution < -0.4 is 20.7 Å². The summed E-state index contributed by atoms with van der Waals surface area (Å²) >= 11 is 0. The first-order valence-electron chi connectivity index (χ1n) is 35.2. The molecular formula is C54H38N2Si. The van der Waals surface area contributed by atoms with Crippen molar-refractivity contribution < 1.29 is 50.7 Å². The normalized spacial score (nSPS) is 20.9. The van der Waals surface area contributed by atoms with Gasteiger partial charge in [-0.2, -0.15) is 0 Å². The lowest BCUT2D eigenvalue weighted by molar-refractivity contribution is 1.17. The summed E-state index contributed by atoms with van der Waals surface area (Å²) in [5.74, 6) is 0. The molecule has 2 heterocycles. The molecule has 0 N–H and O–H groups in total. The van der Waals surface area contributed by atoms with E-state index in [2.05, 4.69) is 0 Å². The molecule has 0 atom stereocenters. The summed E-state index contributed by atoms with van der Waals surface area (Å²) in [5, 5.41) is -8.62. The van der Waals surface area contributed by atoms with Crippen molar-refractivity contribution in [1.82, 2.24) is 9.13 Å².